The Hall–Kier alpha value is -2.45. The number of amides is 4. The Morgan fingerprint density at radius 3 is 2.48 bits per heavy atom. The van der Waals surface area contributed by atoms with Gasteiger partial charge < -0.3 is 14.7 Å². The number of nitrogens with zero attached hydrogens (tertiary/aromatic N) is 2. The van der Waals surface area contributed by atoms with Crippen LogP contribution in [-0.4, -0.2) is 65.8 Å². The van der Waals surface area contributed by atoms with Crippen molar-refractivity contribution in [3.63, 3.8) is 0 Å². The van der Waals surface area contributed by atoms with Gasteiger partial charge in [0, 0.05) is 30.9 Å². The molecule has 1 atom stereocenters. The third-order valence-corrected chi connectivity index (χ3v) is 5.73. The number of aliphatic hydroxyl groups excluding tert-OH is 1. The first-order chi connectivity index (χ1) is 13.0. The van der Waals surface area contributed by atoms with Crippen LogP contribution in [0.4, 0.5) is 10.5 Å². The van der Waals surface area contributed by atoms with Crippen LogP contribution >= 0.6 is 0 Å². The molecule has 144 valence electrons. The van der Waals surface area contributed by atoms with E-state index < -0.39 is 17.7 Å². The van der Waals surface area contributed by atoms with E-state index in [1.807, 2.05) is 0 Å². The number of urea groups is 1. The van der Waals surface area contributed by atoms with Gasteiger partial charge in [-0.05, 0) is 49.9 Å². The summed E-state index contributed by atoms with van der Waals surface area (Å²) in [6.45, 7) is 1.74. The minimum atomic E-state index is -0.505. The van der Waals surface area contributed by atoms with Crippen LogP contribution in [0.3, 0.4) is 0 Å². The highest BCUT2D eigenvalue weighted by Gasteiger charge is 2.44. The normalized spacial score (nSPS) is 25.0. The lowest BCUT2D eigenvalue weighted by molar-refractivity contribution is -0.174. The zero-order valence-corrected chi connectivity index (χ0v) is 15.0. The van der Waals surface area contributed by atoms with E-state index in [1.54, 1.807) is 29.2 Å². The molecule has 0 bridgehead atoms. The molecule has 0 aliphatic carbocycles. The number of hydrogen-bond donors (Lipinski definition) is 2. The van der Waals surface area contributed by atoms with Crippen molar-refractivity contribution in [2.45, 2.75) is 37.4 Å². The second-order valence-corrected chi connectivity index (χ2v) is 7.35. The number of benzene rings is 1. The van der Waals surface area contributed by atoms with Crippen molar-refractivity contribution in [2.75, 3.05) is 31.1 Å². The van der Waals surface area contributed by atoms with E-state index in [1.165, 1.54) is 4.90 Å². The first-order valence-corrected chi connectivity index (χ1v) is 9.31. The zero-order chi connectivity index (χ0) is 19.0. The van der Waals surface area contributed by atoms with Crippen LogP contribution in [0.1, 0.15) is 36.0 Å². The lowest BCUT2D eigenvalue weighted by Crippen LogP contribution is -2.56. The number of nitrogens with one attached hydrogen (secondary N) is 1. The summed E-state index contributed by atoms with van der Waals surface area (Å²) in [5, 5.41) is 12.5. The predicted octanol–water partition coefficient (Wildman–Crippen LogP) is 0.889. The quantitative estimate of drug-likeness (QED) is 0.750. The van der Waals surface area contributed by atoms with Crippen LogP contribution in [0.2, 0.25) is 0 Å². The van der Waals surface area contributed by atoms with E-state index in [0.29, 0.717) is 43.8 Å². The number of anilines is 1. The number of likely N-dealkylation sites (tertiary alicyclic amines) is 1. The van der Waals surface area contributed by atoms with E-state index in [-0.39, 0.29) is 18.4 Å². The molecule has 4 amide bonds. The topological polar surface area (TPSA) is 99.2 Å². The van der Waals surface area contributed by atoms with Gasteiger partial charge >= 0.3 is 6.03 Å². The first kappa shape index (κ1) is 17.9. The molecule has 1 aromatic carbocycles. The molecule has 1 aromatic rings. The molecule has 3 heterocycles. The van der Waals surface area contributed by atoms with Crippen molar-refractivity contribution in [3.8, 4) is 0 Å². The number of carbonyl (C=O) groups excluding carboxylic acids is 3. The number of imide groups is 1. The van der Waals surface area contributed by atoms with Crippen molar-refractivity contribution >= 4 is 23.5 Å². The number of piperidine rings is 1. The zero-order valence-electron chi connectivity index (χ0n) is 15.0. The van der Waals surface area contributed by atoms with Gasteiger partial charge in [-0.3, -0.25) is 19.8 Å². The average Bonchev–Trinajstić information content (AvgIpc) is 3.03. The maximum Gasteiger partial charge on any atom is 0.329 e. The van der Waals surface area contributed by atoms with Crippen LogP contribution in [-0.2, 0) is 9.53 Å². The van der Waals surface area contributed by atoms with Gasteiger partial charge in [0.25, 0.3) is 5.91 Å². The molecule has 3 aliphatic rings. The lowest BCUT2D eigenvalue weighted by atomic mass is 9.82. The van der Waals surface area contributed by atoms with Gasteiger partial charge in [-0.2, -0.15) is 0 Å². The van der Waals surface area contributed by atoms with Crippen molar-refractivity contribution in [3.05, 3.63) is 29.8 Å². The standard InChI is InChI=1S/C19H23N3O5/c23-15-2-1-11-27-19(15)7-9-21(10-8-19)17(25)13-3-5-14(6-4-13)22-12-16(24)20-18(22)26/h3-6,15,23H,1-2,7-12H2,(H,20,24,26). The van der Waals surface area contributed by atoms with Crippen LogP contribution < -0.4 is 10.2 Å². The molecular formula is C19H23N3O5. The second-order valence-electron chi connectivity index (χ2n) is 7.35. The molecule has 0 radical (unpaired) electrons. The van der Waals surface area contributed by atoms with Gasteiger partial charge in [0.05, 0.1) is 11.7 Å². The molecule has 0 saturated carbocycles. The third-order valence-electron chi connectivity index (χ3n) is 5.73. The molecule has 1 spiro atoms. The van der Waals surface area contributed by atoms with Gasteiger partial charge in [-0.1, -0.05) is 0 Å². The highest BCUT2D eigenvalue weighted by molar-refractivity contribution is 6.12. The Morgan fingerprint density at radius 2 is 1.89 bits per heavy atom. The summed E-state index contributed by atoms with van der Waals surface area (Å²) in [7, 11) is 0. The maximum absolute atomic E-state index is 12.8. The minimum absolute atomic E-state index is 0.0112. The molecule has 27 heavy (non-hydrogen) atoms. The smallest absolute Gasteiger partial charge is 0.329 e. The van der Waals surface area contributed by atoms with Crippen molar-refractivity contribution in [2.24, 2.45) is 0 Å². The van der Waals surface area contributed by atoms with E-state index in [4.69, 9.17) is 4.74 Å². The number of rotatable bonds is 2. The second kappa shape index (κ2) is 6.94. The third kappa shape index (κ3) is 3.30. The predicted molar refractivity (Wildman–Crippen MR) is 96.4 cm³/mol. The largest absolute Gasteiger partial charge is 0.390 e. The molecule has 4 rings (SSSR count). The molecule has 8 heteroatoms. The maximum atomic E-state index is 12.8. The summed E-state index contributed by atoms with van der Waals surface area (Å²) < 4.78 is 5.89. The van der Waals surface area contributed by atoms with Crippen molar-refractivity contribution in [1.82, 2.24) is 10.2 Å². The molecule has 8 nitrogen and oxygen atoms in total. The fourth-order valence-electron chi connectivity index (χ4n) is 4.09. The van der Waals surface area contributed by atoms with Crippen LogP contribution in [0.15, 0.2) is 24.3 Å². The summed E-state index contributed by atoms with van der Waals surface area (Å²) in [6.07, 6.45) is 2.43. The molecule has 2 N–H and O–H groups in total. The SMILES string of the molecule is O=C1CN(c2ccc(C(=O)N3CCC4(CC3)OCCCC4O)cc2)C(=O)N1. The number of carbonyl (C=O) groups is 3. The fourth-order valence-corrected chi connectivity index (χ4v) is 4.09. The lowest BCUT2D eigenvalue weighted by Gasteiger charge is -2.46. The molecule has 3 saturated heterocycles. The summed E-state index contributed by atoms with van der Waals surface area (Å²) in [6, 6.07) is 6.23. The molecule has 1 unspecified atom stereocenters. The van der Waals surface area contributed by atoms with Gasteiger partial charge in [-0.25, -0.2) is 4.79 Å². The number of hydrogen-bond acceptors (Lipinski definition) is 5. The van der Waals surface area contributed by atoms with E-state index in [2.05, 4.69) is 5.32 Å². The van der Waals surface area contributed by atoms with E-state index in [9.17, 15) is 19.5 Å². The highest BCUT2D eigenvalue weighted by atomic mass is 16.5. The van der Waals surface area contributed by atoms with E-state index >= 15 is 0 Å². The monoisotopic (exact) mass is 373 g/mol. The van der Waals surface area contributed by atoms with Crippen LogP contribution in [0.5, 0.6) is 0 Å². The minimum Gasteiger partial charge on any atom is -0.390 e. The fraction of sp³-hybridized carbons (Fsp3) is 0.526. The van der Waals surface area contributed by atoms with E-state index in [0.717, 1.165) is 12.8 Å². The molecule has 0 aromatic heterocycles. The number of aliphatic hydroxyl groups is 1. The molecule has 3 aliphatic heterocycles. The Bertz CT molecular complexity index is 755. The van der Waals surface area contributed by atoms with Crippen molar-refractivity contribution < 1.29 is 24.2 Å². The Labute approximate surface area is 157 Å². The van der Waals surface area contributed by atoms with Gasteiger partial charge in [-0.15, -0.1) is 0 Å². The Balaban J connectivity index is 1.40. The van der Waals surface area contributed by atoms with Crippen LogP contribution in [0, 0.1) is 0 Å². The van der Waals surface area contributed by atoms with Gasteiger partial charge in [0.2, 0.25) is 5.91 Å². The van der Waals surface area contributed by atoms with Gasteiger partial charge in [0.15, 0.2) is 0 Å². The number of ether oxygens (including phenoxy) is 1. The van der Waals surface area contributed by atoms with Crippen LogP contribution in [0.25, 0.3) is 0 Å². The summed E-state index contributed by atoms with van der Waals surface area (Å²) >= 11 is 0. The first-order valence-electron chi connectivity index (χ1n) is 9.31. The highest BCUT2D eigenvalue weighted by Crippen LogP contribution is 2.35. The van der Waals surface area contributed by atoms with Crippen molar-refractivity contribution in [1.29, 1.82) is 0 Å². The summed E-state index contributed by atoms with van der Waals surface area (Å²) in [5.74, 6) is -0.418. The molecule has 3 fully saturated rings. The molecular weight excluding hydrogens is 350 g/mol. The summed E-state index contributed by atoms with van der Waals surface area (Å²) in [4.78, 5) is 38.9. The Kier molecular flexibility index (Phi) is 4.61. The Morgan fingerprint density at radius 1 is 1.19 bits per heavy atom. The summed E-state index contributed by atoms with van der Waals surface area (Å²) in [5.41, 5.74) is 0.603. The average molecular weight is 373 g/mol. The van der Waals surface area contributed by atoms with Gasteiger partial charge in [0.1, 0.15) is 6.54 Å².